The summed E-state index contributed by atoms with van der Waals surface area (Å²) in [5, 5.41) is 5.79. The fraction of sp³-hybridized carbons (Fsp3) is 0.312. The highest BCUT2D eigenvalue weighted by molar-refractivity contribution is 7.10. The zero-order valence-electron chi connectivity index (χ0n) is 11.6. The highest BCUT2D eigenvalue weighted by Crippen LogP contribution is 2.33. The number of carbonyl (C=O) groups excluding carboxylic acids is 1. The molecule has 0 saturated heterocycles. The molecule has 1 aromatic heterocycles. The van der Waals surface area contributed by atoms with Crippen LogP contribution in [0.2, 0.25) is 10.0 Å². The van der Waals surface area contributed by atoms with E-state index >= 15 is 0 Å². The molecule has 1 aliphatic rings. The summed E-state index contributed by atoms with van der Waals surface area (Å²) in [6.45, 7) is 2.26. The second kappa shape index (κ2) is 5.99. The van der Waals surface area contributed by atoms with Gasteiger partial charge < -0.3 is 5.32 Å². The SMILES string of the molecule is CC1CCc2c(C(=O)Nc3ccc(Cl)c(Cl)c3)csc2C1. The molecule has 1 aromatic carbocycles. The van der Waals surface area contributed by atoms with E-state index in [1.165, 1.54) is 10.4 Å². The molecule has 2 nitrogen and oxygen atoms in total. The van der Waals surface area contributed by atoms with Crippen molar-refractivity contribution in [2.45, 2.75) is 26.2 Å². The summed E-state index contributed by atoms with van der Waals surface area (Å²) in [4.78, 5) is 13.8. The van der Waals surface area contributed by atoms with Gasteiger partial charge in [-0.15, -0.1) is 11.3 Å². The largest absolute Gasteiger partial charge is 0.322 e. The third-order valence-corrected chi connectivity index (χ3v) is 5.61. The summed E-state index contributed by atoms with van der Waals surface area (Å²) >= 11 is 13.5. The Morgan fingerprint density at radius 1 is 1.33 bits per heavy atom. The zero-order valence-corrected chi connectivity index (χ0v) is 13.9. The van der Waals surface area contributed by atoms with E-state index in [0.29, 0.717) is 21.7 Å². The topological polar surface area (TPSA) is 29.1 Å². The minimum Gasteiger partial charge on any atom is -0.322 e. The number of fused-ring (bicyclic) bond motifs is 1. The third-order valence-electron chi connectivity index (χ3n) is 3.82. The molecule has 2 aromatic rings. The first-order valence-corrected chi connectivity index (χ1v) is 8.54. The first-order chi connectivity index (χ1) is 10.0. The van der Waals surface area contributed by atoms with E-state index < -0.39 is 0 Å². The van der Waals surface area contributed by atoms with Crippen molar-refractivity contribution in [3.8, 4) is 0 Å². The minimum absolute atomic E-state index is 0.0690. The second-order valence-electron chi connectivity index (χ2n) is 5.48. The number of hydrogen-bond acceptors (Lipinski definition) is 2. The van der Waals surface area contributed by atoms with Gasteiger partial charge in [0, 0.05) is 15.9 Å². The van der Waals surface area contributed by atoms with E-state index in [-0.39, 0.29) is 5.91 Å². The van der Waals surface area contributed by atoms with Crippen LogP contribution < -0.4 is 5.32 Å². The van der Waals surface area contributed by atoms with Crippen LogP contribution in [0.3, 0.4) is 0 Å². The van der Waals surface area contributed by atoms with Gasteiger partial charge in [-0.05, 0) is 48.9 Å². The number of carbonyl (C=O) groups is 1. The van der Waals surface area contributed by atoms with Crippen molar-refractivity contribution < 1.29 is 4.79 Å². The fourth-order valence-corrected chi connectivity index (χ4v) is 4.18. The Morgan fingerprint density at radius 2 is 2.14 bits per heavy atom. The number of nitrogens with one attached hydrogen (secondary N) is 1. The van der Waals surface area contributed by atoms with Gasteiger partial charge in [-0.3, -0.25) is 4.79 Å². The van der Waals surface area contributed by atoms with Crippen LogP contribution in [-0.4, -0.2) is 5.91 Å². The number of halogens is 2. The molecule has 0 spiro atoms. The van der Waals surface area contributed by atoms with Crippen LogP contribution in [0.4, 0.5) is 5.69 Å². The quantitative estimate of drug-likeness (QED) is 0.776. The highest BCUT2D eigenvalue weighted by atomic mass is 35.5. The second-order valence-corrected chi connectivity index (χ2v) is 7.26. The van der Waals surface area contributed by atoms with Crippen LogP contribution in [-0.2, 0) is 12.8 Å². The van der Waals surface area contributed by atoms with Gasteiger partial charge in [-0.2, -0.15) is 0 Å². The lowest BCUT2D eigenvalue weighted by Crippen LogP contribution is -2.16. The molecule has 0 saturated carbocycles. The molecule has 110 valence electrons. The smallest absolute Gasteiger partial charge is 0.256 e. The molecular formula is C16H15Cl2NOS. The van der Waals surface area contributed by atoms with E-state index in [1.54, 1.807) is 29.5 Å². The Balaban J connectivity index is 1.81. The summed E-state index contributed by atoms with van der Waals surface area (Å²) < 4.78 is 0. The van der Waals surface area contributed by atoms with E-state index in [4.69, 9.17) is 23.2 Å². The average Bonchev–Trinajstić information content (AvgIpc) is 2.85. The molecule has 0 fully saturated rings. The van der Waals surface area contributed by atoms with Crippen LogP contribution in [0.25, 0.3) is 0 Å². The highest BCUT2D eigenvalue weighted by Gasteiger charge is 2.23. The maximum absolute atomic E-state index is 12.4. The predicted octanol–water partition coefficient (Wildman–Crippen LogP) is 5.43. The lowest BCUT2D eigenvalue weighted by molar-refractivity contribution is 0.102. The van der Waals surface area contributed by atoms with Gasteiger partial charge in [0.2, 0.25) is 0 Å². The number of anilines is 1. The van der Waals surface area contributed by atoms with Gasteiger partial charge in [0.25, 0.3) is 5.91 Å². The van der Waals surface area contributed by atoms with Crippen molar-refractivity contribution >= 4 is 46.1 Å². The van der Waals surface area contributed by atoms with Crippen molar-refractivity contribution in [3.63, 3.8) is 0 Å². The number of hydrogen-bond donors (Lipinski definition) is 1. The van der Waals surface area contributed by atoms with Gasteiger partial charge in [0.1, 0.15) is 0 Å². The van der Waals surface area contributed by atoms with Crippen molar-refractivity contribution in [3.05, 3.63) is 49.6 Å². The van der Waals surface area contributed by atoms with E-state index in [9.17, 15) is 4.79 Å². The molecule has 1 aliphatic carbocycles. The Kier molecular flexibility index (Phi) is 4.25. The maximum atomic E-state index is 12.4. The number of amides is 1. The number of benzene rings is 1. The Hall–Kier alpha value is -1.03. The molecule has 3 rings (SSSR count). The van der Waals surface area contributed by atoms with E-state index in [2.05, 4.69) is 12.2 Å². The molecule has 0 bridgehead atoms. The molecule has 1 unspecified atom stereocenters. The fourth-order valence-electron chi connectivity index (χ4n) is 2.64. The summed E-state index contributed by atoms with van der Waals surface area (Å²) in [5.41, 5.74) is 2.68. The molecule has 1 amide bonds. The van der Waals surface area contributed by atoms with Gasteiger partial charge >= 0.3 is 0 Å². The number of rotatable bonds is 2. The van der Waals surface area contributed by atoms with Crippen molar-refractivity contribution in [1.82, 2.24) is 0 Å². The van der Waals surface area contributed by atoms with Crippen LogP contribution in [0.1, 0.15) is 34.1 Å². The normalized spacial score (nSPS) is 17.4. The van der Waals surface area contributed by atoms with Gasteiger partial charge in [-0.25, -0.2) is 0 Å². The van der Waals surface area contributed by atoms with Gasteiger partial charge in [0.05, 0.1) is 15.6 Å². The molecule has 21 heavy (non-hydrogen) atoms. The molecular weight excluding hydrogens is 325 g/mol. The minimum atomic E-state index is -0.0690. The third kappa shape index (κ3) is 3.10. The first kappa shape index (κ1) is 14.9. The average molecular weight is 340 g/mol. The molecule has 1 N–H and O–H groups in total. The van der Waals surface area contributed by atoms with Crippen molar-refractivity contribution in [1.29, 1.82) is 0 Å². The van der Waals surface area contributed by atoms with Crippen LogP contribution in [0, 0.1) is 5.92 Å². The van der Waals surface area contributed by atoms with Crippen LogP contribution in [0.5, 0.6) is 0 Å². The van der Waals surface area contributed by atoms with E-state index in [0.717, 1.165) is 24.8 Å². The molecule has 1 heterocycles. The summed E-state index contributed by atoms with van der Waals surface area (Å²) in [6.07, 6.45) is 3.22. The summed E-state index contributed by atoms with van der Waals surface area (Å²) in [6, 6.07) is 5.11. The Morgan fingerprint density at radius 3 is 2.90 bits per heavy atom. The van der Waals surface area contributed by atoms with Crippen molar-refractivity contribution in [2.24, 2.45) is 5.92 Å². The van der Waals surface area contributed by atoms with Crippen LogP contribution in [0.15, 0.2) is 23.6 Å². The monoisotopic (exact) mass is 339 g/mol. The molecule has 0 radical (unpaired) electrons. The summed E-state index contributed by atoms with van der Waals surface area (Å²) in [5.74, 6) is 0.641. The molecule has 5 heteroatoms. The zero-order chi connectivity index (χ0) is 15.0. The van der Waals surface area contributed by atoms with Gasteiger partial charge in [0.15, 0.2) is 0 Å². The Bertz CT molecular complexity index is 696. The lowest BCUT2D eigenvalue weighted by atomic mass is 9.88. The van der Waals surface area contributed by atoms with Gasteiger partial charge in [-0.1, -0.05) is 30.1 Å². The Labute approximate surface area is 138 Å². The summed E-state index contributed by atoms with van der Waals surface area (Å²) in [7, 11) is 0. The molecule has 1 atom stereocenters. The first-order valence-electron chi connectivity index (χ1n) is 6.90. The van der Waals surface area contributed by atoms with Crippen molar-refractivity contribution in [2.75, 3.05) is 5.32 Å². The maximum Gasteiger partial charge on any atom is 0.256 e. The van der Waals surface area contributed by atoms with Crippen LogP contribution >= 0.6 is 34.5 Å². The number of thiophene rings is 1. The predicted molar refractivity (Wildman–Crippen MR) is 89.9 cm³/mol. The lowest BCUT2D eigenvalue weighted by Gasteiger charge is -2.18. The molecule has 0 aliphatic heterocycles. The standard InChI is InChI=1S/C16H15Cl2NOS/c1-9-2-4-11-12(8-21-15(11)6-9)16(20)19-10-3-5-13(17)14(18)7-10/h3,5,7-9H,2,4,6H2,1H3,(H,19,20). The van der Waals surface area contributed by atoms with E-state index in [1.807, 2.05) is 5.38 Å².